The van der Waals surface area contributed by atoms with Gasteiger partial charge in [0.15, 0.2) is 0 Å². The number of amides is 1. The highest BCUT2D eigenvalue weighted by atomic mass is 32.2. The van der Waals surface area contributed by atoms with Gasteiger partial charge in [0, 0.05) is 6.54 Å². The van der Waals surface area contributed by atoms with Gasteiger partial charge in [0.05, 0.1) is 10.6 Å². The average molecular weight is 441 g/mol. The van der Waals surface area contributed by atoms with Crippen LogP contribution in [0.5, 0.6) is 0 Å². The zero-order valence-electron chi connectivity index (χ0n) is 17.3. The Morgan fingerprint density at radius 3 is 2.35 bits per heavy atom. The highest BCUT2D eigenvalue weighted by molar-refractivity contribution is 7.92. The van der Waals surface area contributed by atoms with Gasteiger partial charge in [0.25, 0.3) is 10.0 Å². The van der Waals surface area contributed by atoms with Gasteiger partial charge in [-0.05, 0) is 67.3 Å². The Kier molecular flexibility index (Phi) is 7.41. The lowest BCUT2D eigenvalue weighted by Crippen LogP contribution is -2.41. The van der Waals surface area contributed by atoms with Gasteiger partial charge >= 0.3 is 0 Å². The summed E-state index contributed by atoms with van der Waals surface area (Å²) in [5.41, 5.74) is 2.31. The van der Waals surface area contributed by atoms with Crippen LogP contribution >= 0.6 is 0 Å². The van der Waals surface area contributed by atoms with Crippen molar-refractivity contribution in [2.75, 3.05) is 17.4 Å². The Bertz CT molecular complexity index is 1120. The summed E-state index contributed by atoms with van der Waals surface area (Å²) in [7, 11) is -3.91. The summed E-state index contributed by atoms with van der Waals surface area (Å²) in [4.78, 5) is 12.7. The van der Waals surface area contributed by atoms with Crippen LogP contribution in [0.15, 0.2) is 83.8 Å². The molecule has 3 rings (SSSR count). The van der Waals surface area contributed by atoms with Crippen LogP contribution in [0.3, 0.4) is 0 Å². The maximum Gasteiger partial charge on any atom is 0.264 e. The van der Waals surface area contributed by atoms with Crippen molar-refractivity contribution >= 4 is 21.6 Å². The second kappa shape index (κ2) is 10.2. The Morgan fingerprint density at radius 1 is 0.968 bits per heavy atom. The summed E-state index contributed by atoms with van der Waals surface area (Å²) in [5.74, 6) is -0.673. The first kappa shape index (κ1) is 22.5. The third kappa shape index (κ3) is 6.15. The number of carbonyl (C=O) groups excluding carboxylic acids is 1. The molecular weight excluding hydrogens is 415 g/mol. The highest BCUT2D eigenvalue weighted by Crippen LogP contribution is 2.24. The predicted octanol–water partition coefficient (Wildman–Crippen LogP) is 4.08. The summed E-state index contributed by atoms with van der Waals surface area (Å²) in [6, 6.07) is 21.3. The number of hydrogen-bond acceptors (Lipinski definition) is 3. The van der Waals surface area contributed by atoms with Crippen LogP contribution in [0.4, 0.5) is 10.1 Å². The molecule has 1 N–H and O–H groups in total. The standard InChI is InChI=1S/C24H25FN2O3S/c1-19-7-5-9-22(17-19)27(31(29,30)23-10-3-2-4-11-23)18-24(28)26-16-6-8-20-12-14-21(25)15-13-20/h2-5,7,9-15,17H,6,8,16,18H2,1H3,(H,26,28). The molecule has 3 aromatic carbocycles. The Balaban J connectivity index is 1.68. The van der Waals surface area contributed by atoms with E-state index in [2.05, 4.69) is 5.32 Å². The van der Waals surface area contributed by atoms with Crippen molar-refractivity contribution in [3.8, 4) is 0 Å². The van der Waals surface area contributed by atoms with Crippen LogP contribution in [-0.4, -0.2) is 27.4 Å². The van der Waals surface area contributed by atoms with Gasteiger partial charge in [0.2, 0.25) is 5.91 Å². The molecule has 0 aliphatic heterocycles. The van der Waals surface area contributed by atoms with Crippen LogP contribution in [0.1, 0.15) is 17.5 Å². The smallest absolute Gasteiger partial charge is 0.264 e. The van der Waals surface area contributed by atoms with Crippen molar-refractivity contribution in [2.24, 2.45) is 0 Å². The number of nitrogens with zero attached hydrogens (tertiary/aromatic N) is 1. The van der Waals surface area contributed by atoms with Crippen molar-refractivity contribution in [1.29, 1.82) is 0 Å². The zero-order valence-corrected chi connectivity index (χ0v) is 18.1. The first-order valence-electron chi connectivity index (χ1n) is 10.0. The third-order valence-corrected chi connectivity index (χ3v) is 6.57. The predicted molar refractivity (Wildman–Crippen MR) is 120 cm³/mol. The number of hydrogen-bond donors (Lipinski definition) is 1. The topological polar surface area (TPSA) is 66.5 Å². The monoisotopic (exact) mass is 440 g/mol. The third-order valence-electron chi connectivity index (χ3n) is 4.79. The molecule has 31 heavy (non-hydrogen) atoms. The van der Waals surface area contributed by atoms with Gasteiger partial charge in [-0.15, -0.1) is 0 Å². The highest BCUT2D eigenvalue weighted by Gasteiger charge is 2.27. The van der Waals surface area contributed by atoms with Crippen molar-refractivity contribution in [3.63, 3.8) is 0 Å². The lowest BCUT2D eigenvalue weighted by Gasteiger charge is -2.24. The first-order chi connectivity index (χ1) is 14.9. The van der Waals surface area contributed by atoms with Gasteiger partial charge in [-0.1, -0.05) is 42.5 Å². The van der Waals surface area contributed by atoms with Gasteiger partial charge < -0.3 is 5.32 Å². The van der Waals surface area contributed by atoms with Crippen LogP contribution in [0.25, 0.3) is 0 Å². The Labute approximate surface area is 182 Å². The lowest BCUT2D eigenvalue weighted by atomic mass is 10.1. The van der Waals surface area contributed by atoms with Gasteiger partial charge in [-0.25, -0.2) is 12.8 Å². The van der Waals surface area contributed by atoms with Crippen molar-refractivity contribution < 1.29 is 17.6 Å². The molecule has 0 aliphatic carbocycles. The molecular formula is C24H25FN2O3S. The SMILES string of the molecule is Cc1cccc(N(CC(=O)NCCCc2ccc(F)cc2)S(=O)(=O)c2ccccc2)c1. The van der Waals surface area contributed by atoms with Crippen LogP contribution in [0.2, 0.25) is 0 Å². The molecule has 0 heterocycles. The molecule has 5 nitrogen and oxygen atoms in total. The Morgan fingerprint density at radius 2 is 1.68 bits per heavy atom. The number of aryl methyl sites for hydroxylation is 2. The number of benzene rings is 3. The fourth-order valence-electron chi connectivity index (χ4n) is 3.18. The molecule has 7 heteroatoms. The second-order valence-corrected chi connectivity index (χ2v) is 9.11. The molecule has 0 bridgehead atoms. The van der Waals surface area contributed by atoms with E-state index in [9.17, 15) is 17.6 Å². The molecule has 0 aliphatic rings. The summed E-state index contributed by atoms with van der Waals surface area (Å²) < 4.78 is 40.6. The number of carbonyl (C=O) groups is 1. The van der Waals surface area contributed by atoms with Crippen molar-refractivity contribution in [1.82, 2.24) is 5.32 Å². The van der Waals surface area contributed by atoms with E-state index in [-0.39, 0.29) is 23.2 Å². The molecule has 3 aromatic rings. The summed E-state index contributed by atoms with van der Waals surface area (Å²) >= 11 is 0. The molecule has 0 radical (unpaired) electrons. The number of halogens is 1. The first-order valence-corrected chi connectivity index (χ1v) is 11.5. The molecule has 0 spiro atoms. The largest absolute Gasteiger partial charge is 0.355 e. The maximum atomic E-state index is 13.2. The van der Waals surface area contributed by atoms with E-state index in [1.807, 2.05) is 13.0 Å². The fraction of sp³-hybridized carbons (Fsp3) is 0.208. The minimum Gasteiger partial charge on any atom is -0.355 e. The minimum atomic E-state index is -3.91. The average Bonchev–Trinajstić information content (AvgIpc) is 2.77. The van der Waals surface area contributed by atoms with E-state index in [0.717, 1.165) is 15.4 Å². The normalized spacial score (nSPS) is 11.2. The van der Waals surface area contributed by atoms with E-state index in [1.54, 1.807) is 48.5 Å². The fourth-order valence-corrected chi connectivity index (χ4v) is 4.61. The maximum absolute atomic E-state index is 13.2. The van der Waals surface area contributed by atoms with Crippen molar-refractivity contribution in [2.45, 2.75) is 24.7 Å². The molecule has 1 amide bonds. The van der Waals surface area contributed by atoms with Crippen molar-refractivity contribution in [3.05, 3.63) is 95.8 Å². The van der Waals surface area contributed by atoms with Crippen LogP contribution < -0.4 is 9.62 Å². The number of sulfonamides is 1. The lowest BCUT2D eigenvalue weighted by molar-refractivity contribution is -0.119. The summed E-state index contributed by atoms with van der Waals surface area (Å²) in [6.45, 7) is 1.94. The molecule has 0 fully saturated rings. The van der Waals surface area contributed by atoms with Gasteiger partial charge in [0.1, 0.15) is 12.4 Å². The van der Waals surface area contributed by atoms with Crippen LogP contribution in [-0.2, 0) is 21.2 Å². The molecule has 0 aromatic heterocycles. The molecule has 0 unspecified atom stereocenters. The quantitative estimate of drug-likeness (QED) is 0.510. The minimum absolute atomic E-state index is 0.126. The van der Waals surface area contributed by atoms with Gasteiger partial charge in [-0.2, -0.15) is 0 Å². The number of nitrogens with one attached hydrogen (secondary N) is 1. The zero-order chi connectivity index (χ0) is 22.3. The van der Waals surface area contributed by atoms with Gasteiger partial charge in [-0.3, -0.25) is 9.10 Å². The van der Waals surface area contributed by atoms with E-state index in [1.165, 1.54) is 24.3 Å². The summed E-state index contributed by atoms with van der Waals surface area (Å²) in [5, 5.41) is 2.78. The van der Waals surface area contributed by atoms with E-state index >= 15 is 0 Å². The Hall–Kier alpha value is -3.19. The number of rotatable bonds is 9. The number of anilines is 1. The van der Waals surface area contributed by atoms with E-state index in [4.69, 9.17) is 0 Å². The van der Waals surface area contributed by atoms with E-state index in [0.29, 0.717) is 25.1 Å². The van der Waals surface area contributed by atoms with Crippen LogP contribution in [0, 0.1) is 12.7 Å². The molecule has 0 atom stereocenters. The molecule has 0 saturated heterocycles. The molecule has 0 saturated carbocycles. The second-order valence-electron chi connectivity index (χ2n) is 7.24. The molecule has 162 valence electrons. The van der Waals surface area contributed by atoms with E-state index < -0.39 is 10.0 Å². The summed E-state index contributed by atoms with van der Waals surface area (Å²) in [6.07, 6.45) is 1.34.